The van der Waals surface area contributed by atoms with E-state index in [2.05, 4.69) is 4.74 Å². The zero-order valence-electron chi connectivity index (χ0n) is 5.48. The number of halogens is 2. The number of alkyl halides is 1. The second-order valence-electron chi connectivity index (χ2n) is 1.67. The highest BCUT2D eigenvalue weighted by atomic mass is 35.5. The van der Waals surface area contributed by atoms with Crippen molar-refractivity contribution >= 4 is 29.2 Å². The Bertz CT molecular complexity index is 95.7. The predicted octanol–water partition coefficient (Wildman–Crippen LogP) is 1.95. The van der Waals surface area contributed by atoms with Crippen molar-refractivity contribution in [3.8, 4) is 0 Å². The van der Waals surface area contributed by atoms with Gasteiger partial charge in [0, 0.05) is 5.88 Å². The topological polar surface area (TPSA) is 26.3 Å². The number of ether oxygens (including phenoxy) is 1. The standard InChI is InChI=1S/C6H9Cl2O2/c7-3-1-2-4-10-6(9)5-8/h5H,1-4H2. The number of rotatable bonds is 5. The number of carbonyl (C=O) groups excluding carboxylic acids is 1. The van der Waals surface area contributed by atoms with Crippen molar-refractivity contribution < 1.29 is 9.53 Å². The largest absolute Gasteiger partial charge is 0.465 e. The van der Waals surface area contributed by atoms with Crippen molar-refractivity contribution in [1.82, 2.24) is 0 Å². The van der Waals surface area contributed by atoms with Gasteiger partial charge in [-0.15, -0.1) is 23.2 Å². The molecule has 10 heavy (non-hydrogen) atoms. The Hall–Kier alpha value is 0.0500. The summed E-state index contributed by atoms with van der Waals surface area (Å²) >= 11 is 10.4. The first-order valence-electron chi connectivity index (χ1n) is 2.97. The molecule has 0 aromatic rings. The first kappa shape index (κ1) is 10.0. The fraction of sp³-hybridized carbons (Fsp3) is 0.667. The Balaban J connectivity index is 2.96. The van der Waals surface area contributed by atoms with Gasteiger partial charge in [0.2, 0.25) is 0 Å². The summed E-state index contributed by atoms with van der Waals surface area (Å²) in [5.74, 6) is 0.985. The number of hydrogen-bond acceptors (Lipinski definition) is 2. The van der Waals surface area contributed by atoms with Crippen LogP contribution in [0.15, 0.2) is 0 Å². The molecule has 0 atom stereocenters. The summed E-state index contributed by atoms with van der Waals surface area (Å²) in [6, 6.07) is 0. The normalized spacial score (nSPS) is 9.40. The third-order valence-electron chi connectivity index (χ3n) is 0.861. The fourth-order valence-electron chi connectivity index (χ4n) is 0.401. The Morgan fingerprint density at radius 2 is 2.20 bits per heavy atom. The second kappa shape index (κ2) is 7.16. The third kappa shape index (κ3) is 6.17. The molecule has 0 saturated carbocycles. The molecule has 4 heteroatoms. The lowest BCUT2D eigenvalue weighted by molar-refractivity contribution is -0.138. The Labute approximate surface area is 70.4 Å². The number of unbranched alkanes of at least 4 members (excludes halogenated alkanes) is 1. The Morgan fingerprint density at radius 1 is 1.50 bits per heavy atom. The van der Waals surface area contributed by atoms with Gasteiger partial charge in [0.05, 0.1) is 6.61 Å². The molecule has 0 rings (SSSR count). The molecule has 0 aliphatic carbocycles. The molecule has 0 bridgehead atoms. The van der Waals surface area contributed by atoms with Crippen LogP contribution in [0.1, 0.15) is 12.8 Å². The molecule has 2 nitrogen and oxygen atoms in total. The van der Waals surface area contributed by atoms with E-state index in [1.54, 1.807) is 0 Å². The van der Waals surface area contributed by atoms with Crippen molar-refractivity contribution in [3.05, 3.63) is 5.88 Å². The molecule has 0 aliphatic heterocycles. The van der Waals surface area contributed by atoms with Crippen molar-refractivity contribution in [2.75, 3.05) is 12.5 Å². The minimum absolute atomic E-state index is 0.398. The van der Waals surface area contributed by atoms with Gasteiger partial charge < -0.3 is 4.74 Å². The SMILES string of the molecule is O=C([CH]Cl)OCCCCCl. The summed E-state index contributed by atoms with van der Waals surface area (Å²) in [6.45, 7) is 0.398. The highest BCUT2D eigenvalue weighted by molar-refractivity contribution is 6.33. The van der Waals surface area contributed by atoms with Gasteiger partial charge in [-0.1, -0.05) is 0 Å². The average molecular weight is 184 g/mol. The van der Waals surface area contributed by atoms with E-state index in [4.69, 9.17) is 23.2 Å². The van der Waals surface area contributed by atoms with E-state index in [9.17, 15) is 4.79 Å². The van der Waals surface area contributed by atoms with Gasteiger partial charge in [-0.2, -0.15) is 0 Å². The monoisotopic (exact) mass is 183 g/mol. The van der Waals surface area contributed by atoms with Crippen molar-refractivity contribution in [2.45, 2.75) is 12.8 Å². The lowest BCUT2D eigenvalue weighted by Crippen LogP contribution is -2.03. The minimum atomic E-state index is -0.490. The summed E-state index contributed by atoms with van der Waals surface area (Å²) in [4.78, 5) is 10.3. The molecule has 0 aliphatic rings. The van der Waals surface area contributed by atoms with Gasteiger partial charge in [-0.3, -0.25) is 4.79 Å². The molecular formula is C6H9Cl2O2. The van der Waals surface area contributed by atoms with Crippen LogP contribution in [-0.2, 0) is 9.53 Å². The van der Waals surface area contributed by atoms with Crippen molar-refractivity contribution in [2.24, 2.45) is 0 Å². The first-order valence-corrected chi connectivity index (χ1v) is 3.94. The molecule has 1 radical (unpaired) electrons. The van der Waals surface area contributed by atoms with Gasteiger partial charge in [-0.25, -0.2) is 0 Å². The maximum absolute atomic E-state index is 10.3. The van der Waals surface area contributed by atoms with E-state index in [0.29, 0.717) is 12.5 Å². The van der Waals surface area contributed by atoms with Crippen LogP contribution in [0.4, 0.5) is 0 Å². The molecular weight excluding hydrogens is 175 g/mol. The van der Waals surface area contributed by atoms with Crippen LogP contribution in [0.2, 0.25) is 0 Å². The predicted molar refractivity (Wildman–Crippen MR) is 41.1 cm³/mol. The Morgan fingerprint density at radius 3 is 2.70 bits per heavy atom. The maximum Gasteiger partial charge on any atom is 0.326 e. The molecule has 0 spiro atoms. The summed E-state index contributed by atoms with van der Waals surface area (Å²) < 4.78 is 4.61. The van der Waals surface area contributed by atoms with E-state index in [0.717, 1.165) is 18.7 Å². The fourth-order valence-corrected chi connectivity index (χ4v) is 0.653. The summed E-state index contributed by atoms with van der Waals surface area (Å²) in [7, 11) is 0. The smallest absolute Gasteiger partial charge is 0.326 e. The van der Waals surface area contributed by atoms with Crippen LogP contribution in [-0.4, -0.2) is 18.5 Å². The first-order chi connectivity index (χ1) is 4.81. The number of hydrogen-bond donors (Lipinski definition) is 0. The number of carbonyl (C=O) groups is 1. The van der Waals surface area contributed by atoms with E-state index in [-0.39, 0.29) is 0 Å². The molecule has 0 saturated heterocycles. The lowest BCUT2D eigenvalue weighted by atomic mass is 10.4. The van der Waals surface area contributed by atoms with E-state index in [1.165, 1.54) is 0 Å². The van der Waals surface area contributed by atoms with E-state index in [1.807, 2.05) is 0 Å². The van der Waals surface area contributed by atoms with Crippen LogP contribution < -0.4 is 0 Å². The molecule has 0 amide bonds. The minimum Gasteiger partial charge on any atom is -0.465 e. The molecule has 0 unspecified atom stereocenters. The van der Waals surface area contributed by atoms with E-state index >= 15 is 0 Å². The van der Waals surface area contributed by atoms with Crippen LogP contribution in [0.3, 0.4) is 0 Å². The Kier molecular flexibility index (Phi) is 7.20. The molecule has 0 aromatic carbocycles. The number of esters is 1. The summed E-state index contributed by atoms with van der Waals surface area (Å²) in [5, 5.41) is 0. The maximum atomic E-state index is 10.3. The molecule has 0 N–H and O–H groups in total. The molecule has 0 heterocycles. The second-order valence-corrected chi connectivity index (χ2v) is 2.27. The van der Waals surface area contributed by atoms with Gasteiger partial charge in [0.25, 0.3) is 0 Å². The highest BCUT2D eigenvalue weighted by Gasteiger charge is 1.97. The van der Waals surface area contributed by atoms with Crippen LogP contribution in [0.25, 0.3) is 0 Å². The van der Waals surface area contributed by atoms with Gasteiger partial charge in [-0.05, 0) is 12.8 Å². The third-order valence-corrected chi connectivity index (χ3v) is 1.31. The summed E-state index contributed by atoms with van der Waals surface area (Å²) in [5.41, 5.74) is 0. The van der Waals surface area contributed by atoms with Crippen molar-refractivity contribution in [1.29, 1.82) is 0 Å². The molecule has 0 aromatic heterocycles. The quantitative estimate of drug-likeness (QED) is 0.370. The van der Waals surface area contributed by atoms with Crippen LogP contribution >= 0.6 is 23.2 Å². The zero-order valence-corrected chi connectivity index (χ0v) is 6.99. The highest BCUT2D eigenvalue weighted by Crippen LogP contribution is 1.95. The van der Waals surface area contributed by atoms with E-state index < -0.39 is 5.97 Å². The van der Waals surface area contributed by atoms with Crippen LogP contribution in [0, 0.1) is 5.88 Å². The average Bonchev–Trinajstić information content (AvgIpc) is 1.98. The molecule has 0 fully saturated rings. The van der Waals surface area contributed by atoms with Gasteiger partial charge >= 0.3 is 5.97 Å². The lowest BCUT2D eigenvalue weighted by Gasteiger charge is -1.99. The molecule has 59 valence electrons. The van der Waals surface area contributed by atoms with Gasteiger partial charge in [0.1, 0.15) is 0 Å². The van der Waals surface area contributed by atoms with Crippen LogP contribution in [0.5, 0.6) is 0 Å². The summed E-state index contributed by atoms with van der Waals surface area (Å²) in [6.07, 6.45) is 1.65. The van der Waals surface area contributed by atoms with Gasteiger partial charge in [0.15, 0.2) is 5.88 Å². The van der Waals surface area contributed by atoms with Crippen molar-refractivity contribution in [3.63, 3.8) is 0 Å². The zero-order chi connectivity index (χ0) is 7.82.